The van der Waals surface area contributed by atoms with E-state index in [1.54, 1.807) is 12.1 Å². The maximum atomic E-state index is 11.3. The van der Waals surface area contributed by atoms with Crippen molar-refractivity contribution in [2.24, 2.45) is 0 Å². The molecule has 4 heteroatoms. The van der Waals surface area contributed by atoms with Gasteiger partial charge < -0.3 is 10.6 Å². The van der Waals surface area contributed by atoms with Crippen LogP contribution in [0.5, 0.6) is 0 Å². The Morgan fingerprint density at radius 3 is 2.76 bits per heavy atom. The summed E-state index contributed by atoms with van der Waals surface area (Å²) in [5.41, 5.74) is 1.65. The number of unbranched alkanes of at least 4 members (excludes halogenated alkanes) is 1. The van der Waals surface area contributed by atoms with Crippen LogP contribution in [0.15, 0.2) is 18.2 Å². The van der Waals surface area contributed by atoms with Gasteiger partial charge in [0.25, 0.3) is 0 Å². The molecular formula is C13H19ClN2O. The summed E-state index contributed by atoms with van der Waals surface area (Å²) >= 11 is 6.07. The van der Waals surface area contributed by atoms with Gasteiger partial charge in [0.15, 0.2) is 0 Å². The summed E-state index contributed by atoms with van der Waals surface area (Å²) in [5, 5.41) is 6.75. The molecule has 0 bridgehead atoms. The lowest BCUT2D eigenvalue weighted by Gasteiger charge is -2.10. The number of amides is 1. The lowest BCUT2D eigenvalue weighted by atomic mass is 10.2. The number of halogens is 1. The van der Waals surface area contributed by atoms with Gasteiger partial charge in [0.2, 0.25) is 5.91 Å². The van der Waals surface area contributed by atoms with E-state index in [4.69, 9.17) is 11.6 Å². The summed E-state index contributed by atoms with van der Waals surface area (Å²) in [6.07, 6.45) is 2.71. The lowest BCUT2D eigenvalue weighted by molar-refractivity contribution is -0.115. The molecule has 0 saturated carbocycles. The van der Waals surface area contributed by atoms with Crippen LogP contribution in [-0.2, 0) is 4.79 Å². The third-order valence-electron chi connectivity index (χ3n) is 2.42. The zero-order valence-electron chi connectivity index (χ0n) is 10.3. The maximum absolute atomic E-state index is 11.3. The van der Waals surface area contributed by atoms with Gasteiger partial charge in [-0.15, -0.1) is 0 Å². The molecule has 2 N–H and O–H groups in total. The Morgan fingerprint density at radius 2 is 2.12 bits per heavy atom. The molecule has 0 spiro atoms. The fourth-order valence-electron chi connectivity index (χ4n) is 1.39. The first kappa shape index (κ1) is 13.8. The minimum absolute atomic E-state index is 0.00632. The Hall–Kier alpha value is -1.22. The van der Waals surface area contributed by atoms with Crippen LogP contribution in [0, 0.1) is 0 Å². The first-order valence-corrected chi connectivity index (χ1v) is 6.38. The minimum atomic E-state index is 0.00632. The predicted octanol–water partition coefficient (Wildman–Crippen LogP) is 3.90. The molecule has 0 atom stereocenters. The van der Waals surface area contributed by atoms with Crippen LogP contribution in [0.3, 0.4) is 0 Å². The number of carbonyl (C=O) groups excluding carboxylic acids is 1. The summed E-state index contributed by atoms with van der Waals surface area (Å²) in [4.78, 5) is 11.3. The van der Waals surface area contributed by atoms with Gasteiger partial charge in [-0.2, -0.15) is 0 Å². The fraction of sp³-hybridized carbons (Fsp3) is 0.462. The molecule has 0 heterocycles. The van der Waals surface area contributed by atoms with E-state index < -0.39 is 0 Å². The van der Waals surface area contributed by atoms with Crippen LogP contribution in [-0.4, -0.2) is 12.5 Å². The predicted molar refractivity (Wildman–Crippen MR) is 73.8 cm³/mol. The molecule has 1 aromatic rings. The summed E-state index contributed by atoms with van der Waals surface area (Å²) in [5.74, 6) is 0.00632. The van der Waals surface area contributed by atoms with Crippen molar-refractivity contribution in [3.8, 4) is 0 Å². The average molecular weight is 255 g/mol. The van der Waals surface area contributed by atoms with Crippen molar-refractivity contribution in [3.63, 3.8) is 0 Å². The molecule has 1 amide bonds. The van der Waals surface area contributed by atoms with Gasteiger partial charge in [-0.3, -0.25) is 4.79 Å². The van der Waals surface area contributed by atoms with E-state index in [0.29, 0.717) is 11.4 Å². The van der Waals surface area contributed by atoms with Crippen molar-refractivity contribution in [2.75, 3.05) is 17.2 Å². The maximum Gasteiger partial charge on any atom is 0.224 e. The highest BCUT2D eigenvalue weighted by molar-refractivity contribution is 6.33. The lowest BCUT2D eigenvalue weighted by Crippen LogP contribution is -2.10. The average Bonchev–Trinajstić information content (AvgIpc) is 2.33. The van der Waals surface area contributed by atoms with Crippen molar-refractivity contribution in [3.05, 3.63) is 23.2 Å². The van der Waals surface area contributed by atoms with Gasteiger partial charge in [-0.1, -0.05) is 31.9 Å². The van der Waals surface area contributed by atoms with E-state index in [9.17, 15) is 4.79 Å². The molecule has 0 fully saturated rings. The van der Waals surface area contributed by atoms with Crippen LogP contribution in [0.25, 0.3) is 0 Å². The van der Waals surface area contributed by atoms with Crippen LogP contribution < -0.4 is 10.6 Å². The first-order chi connectivity index (χ1) is 8.17. The number of hydrogen-bond donors (Lipinski definition) is 2. The Labute approximate surface area is 108 Å². The Morgan fingerprint density at radius 1 is 1.35 bits per heavy atom. The summed E-state index contributed by atoms with van der Waals surface area (Å²) < 4.78 is 0. The molecule has 0 aliphatic carbocycles. The number of carbonyl (C=O) groups is 1. The number of nitrogens with one attached hydrogen (secondary N) is 2. The van der Waals surface area contributed by atoms with Crippen molar-refractivity contribution >= 4 is 28.9 Å². The first-order valence-electron chi connectivity index (χ1n) is 6.00. The quantitative estimate of drug-likeness (QED) is 0.756. The number of hydrogen-bond acceptors (Lipinski definition) is 2. The molecule has 17 heavy (non-hydrogen) atoms. The highest BCUT2D eigenvalue weighted by atomic mass is 35.5. The number of rotatable bonds is 6. The van der Waals surface area contributed by atoms with Crippen molar-refractivity contribution < 1.29 is 4.79 Å². The molecule has 1 rings (SSSR count). The van der Waals surface area contributed by atoms with Crippen LogP contribution in [0.4, 0.5) is 11.4 Å². The second-order valence-corrected chi connectivity index (χ2v) is 4.28. The van der Waals surface area contributed by atoms with Gasteiger partial charge >= 0.3 is 0 Å². The van der Waals surface area contributed by atoms with Gasteiger partial charge in [0, 0.05) is 18.7 Å². The standard InChI is InChI=1S/C13H19ClN2O/c1-3-5-8-15-12-9-10(6-7-11(12)14)16-13(17)4-2/h6-7,9,15H,3-5,8H2,1-2H3,(H,16,17). The van der Waals surface area contributed by atoms with E-state index in [1.165, 1.54) is 0 Å². The molecular weight excluding hydrogens is 236 g/mol. The van der Waals surface area contributed by atoms with Gasteiger partial charge in [0.05, 0.1) is 10.7 Å². The van der Waals surface area contributed by atoms with Crippen molar-refractivity contribution in [1.29, 1.82) is 0 Å². The van der Waals surface area contributed by atoms with Crippen LogP contribution in [0.1, 0.15) is 33.1 Å². The smallest absolute Gasteiger partial charge is 0.224 e. The largest absolute Gasteiger partial charge is 0.384 e. The van der Waals surface area contributed by atoms with Crippen molar-refractivity contribution in [1.82, 2.24) is 0 Å². The third kappa shape index (κ3) is 4.65. The molecule has 3 nitrogen and oxygen atoms in total. The zero-order valence-corrected chi connectivity index (χ0v) is 11.1. The molecule has 1 aromatic carbocycles. The topological polar surface area (TPSA) is 41.1 Å². The molecule has 0 aliphatic heterocycles. The Balaban J connectivity index is 2.68. The molecule has 0 saturated heterocycles. The summed E-state index contributed by atoms with van der Waals surface area (Å²) in [7, 11) is 0. The van der Waals surface area contributed by atoms with E-state index in [0.717, 1.165) is 30.8 Å². The normalized spacial score (nSPS) is 10.1. The molecule has 94 valence electrons. The number of benzene rings is 1. The SMILES string of the molecule is CCCCNc1cc(NC(=O)CC)ccc1Cl. The van der Waals surface area contributed by atoms with Gasteiger partial charge in [-0.25, -0.2) is 0 Å². The molecule has 0 unspecified atom stereocenters. The highest BCUT2D eigenvalue weighted by Gasteiger charge is 2.03. The molecule has 0 aliphatic rings. The van der Waals surface area contributed by atoms with Crippen molar-refractivity contribution in [2.45, 2.75) is 33.1 Å². The van der Waals surface area contributed by atoms with Gasteiger partial charge in [0.1, 0.15) is 0 Å². The van der Waals surface area contributed by atoms with E-state index in [2.05, 4.69) is 17.6 Å². The molecule has 0 aromatic heterocycles. The second kappa shape index (κ2) is 7.17. The van der Waals surface area contributed by atoms with Crippen LogP contribution >= 0.6 is 11.6 Å². The second-order valence-electron chi connectivity index (χ2n) is 3.88. The van der Waals surface area contributed by atoms with E-state index in [1.807, 2.05) is 13.0 Å². The third-order valence-corrected chi connectivity index (χ3v) is 2.75. The summed E-state index contributed by atoms with van der Waals surface area (Å²) in [6, 6.07) is 5.47. The summed E-state index contributed by atoms with van der Waals surface area (Å²) in [6.45, 7) is 4.86. The zero-order chi connectivity index (χ0) is 12.7. The van der Waals surface area contributed by atoms with Gasteiger partial charge in [-0.05, 0) is 24.6 Å². The Bertz CT molecular complexity index is 380. The fourth-order valence-corrected chi connectivity index (χ4v) is 1.57. The monoisotopic (exact) mass is 254 g/mol. The molecule has 0 radical (unpaired) electrons. The number of anilines is 2. The minimum Gasteiger partial charge on any atom is -0.384 e. The van der Waals surface area contributed by atoms with E-state index in [-0.39, 0.29) is 5.91 Å². The van der Waals surface area contributed by atoms with E-state index >= 15 is 0 Å². The Kier molecular flexibility index (Phi) is 5.84. The van der Waals surface area contributed by atoms with Crippen LogP contribution in [0.2, 0.25) is 5.02 Å². The highest BCUT2D eigenvalue weighted by Crippen LogP contribution is 2.25.